The van der Waals surface area contributed by atoms with Crippen LogP contribution in [0.5, 0.6) is 0 Å². The number of thiophene rings is 1. The topological polar surface area (TPSA) is 3.88 Å². The highest BCUT2D eigenvalue weighted by molar-refractivity contribution is 7.32. The SMILES string of the molecule is Cc1c(-c2sc3c4ccccc4sc3[n+]2C)cc(C(C)(C)C)c2ccccc12. The summed E-state index contributed by atoms with van der Waals surface area (Å²) in [6.07, 6.45) is 0. The lowest BCUT2D eigenvalue weighted by molar-refractivity contribution is -0.627. The lowest BCUT2D eigenvalue weighted by atomic mass is 9.81. The highest BCUT2D eigenvalue weighted by Crippen LogP contribution is 2.42. The van der Waals surface area contributed by atoms with E-state index in [-0.39, 0.29) is 5.41 Å². The summed E-state index contributed by atoms with van der Waals surface area (Å²) in [5.74, 6) is 0. The standard InChI is InChI=1S/C25H24NS2/c1-15-16-10-6-7-11-17(16)20(25(2,3)4)14-19(15)23-26(5)24-22(28-23)18-12-8-9-13-21(18)27-24/h6-14H,1-5H3/q+1. The second kappa shape index (κ2) is 6.13. The number of benzene rings is 3. The number of hydrogen-bond acceptors (Lipinski definition) is 2. The summed E-state index contributed by atoms with van der Waals surface area (Å²) >= 11 is 3.82. The second-order valence-corrected chi connectivity index (χ2v) is 10.6. The molecular weight excluding hydrogens is 378 g/mol. The molecule has 5 rings (SSSR count). The number of aromatic nitrogens is 1. The number of fused-ring (bicyclic) bond motifs is 4. The second-order valence-electron chi connectivity index (χ2n) is 8.59. The third kappa shape index (κ3) is 2.53. The van der Waals surface area contributed by atoms with Crippen molar-refractivity contribution in [1.29, 1.82) is 0 Å². The first-order chi connectivity index (χ1) is 13.4. The monoisotopic (exact) mass is 402 g/mol. The Morgan fingerprint density at radius 2 is 1.46 bits per heavy atom. The molecule has 1 nitrogen and oxygen atoms in total. The Morgan fingerprint density at radius 3 is 2.18 bits per heavy atom. The first-order valence-corrected chi connectivity index (χ1v) is 11.3. The van der Waals surface area contributed by atoms with Crippen molar-refractivity contribution in [2.75, 3.05) is 0 Å². The van der Waals surface area contributed by atoms with Gasteiger partial charge in [-0.1, -0.05) is 85.9 Å². The van der Waals surface area contributed by atoms with E-state index in [0.29, 0.717) is 0 Å². The van der Waals surface area contributed by atoms with Crippen molar-refractivity contribution in [3.63, 3.8) is 0 Å². The average molecular weight is 403 g/mol. The van der Waals surface area contributed by atoms with Crippen LogP contribution in [0.25, 0.3) is 41.0 Å². The van der Waals surface area contributed by atoms with Gasteiger partial charge in [0.2, 0.25) is 0 Å². The van der Waals surface area contributed by atoms with Crippen molar-refractivity contribution in [3.8, 4) is 10.6 Å². The van der Waals surface area contributed by atoms with E-state index < -0.39 is 0 Å². The van der Waals surface area contributed by atoms with Crippen LogP contribution in [-0.4, -0.2) is 0 Å². The van der Waals surface area contributed by atoms with Crippen molar-refractivity contribution < 1.29 is 4.57 Å². The van der Waals surface area contributed by atoms with E-state index in [0.717, 1.165) is 0 Å². The summed E-state index contributed by atoms with van der Waals surface area (Å²) in [5, 5.41) is 5.47. The number of hydrogen-bond donors (Lipinski definition) is 0. The zero-order chi connectivity index (χ0) is 19.6. The van der Waals surface area contributed by atoms with Gasteiger partial charge in [-0.15, -0.1) is 0 Å². The normalized spacial score (nSPS) is 12.5. The maximum atomic E-state index is 2.44. The summed E-state index contributed by atoms with van der Waals surface area (Å²) in [7, 11) is 2.22. The van der Waals surface area contributed by atoms with Crippen LogP contribution in [0, 0.1) is 6.92 Å². The van der Waals surface area contributed by atoms with Crippen LogP contribution < -0.4 is 4.57 Å². The minimum atomic E-state index is 0.0992. The van der Waals surface area contributed by atoms with E-state index in [2.05, 4.69) is 93.9 Å². The van der Waals surface area contributed by atoms with Gasteiger partial charge < -0.3 is 0 Å². The molecule has 0 bridgehead atoms. The fourth-order valence-corrected chi connectivity index (χ4v) is 6.88. The fourth-order valence-electron chi connectivity index (χ4n) is 4.18. The van der Waals surface area contributed by atoms with Crippen LogP contribution in [0.15, 0.2) is 54.6 Å². The Morgan fingerprint density at radius 1 is 0.821 bits per heavy atom. The molecule has 3 aromatic carbocycles. The zero-order valence-corrected chi connectivity index (χ0v) is 18.6. The predicted molar refractivity (Wildman–Crippen MR) is 125 cm³/mol. The highest BCUT2D eigenvalue weighted by Gasteiger charge is 2.27. The third-order valence-electron chi connectivity index (χ3n) is 5.69. The molecule has 140 valence electrons. The summed E-state index contributed by atoms with van der Waals surface area (Å²) < 4.78 is 5.17. The Kier molecular flexibility index (Phi) is 3.91. The predicted octanol–water partition coefficient (Wildman–Crippen LogP) is 7.37. The van der Waals surface area contributed by atoms with Crippen LogP contribution in [0.4, 0.5) is 0 Å². The molecule has 28 heavy (non-hydrogen) atoms. The molecule has 0 saturated carbocycles. The summed E-state index contributed by atoms with van der Waals surface area (Å²) in [6.45, 7) is 9.22. The molecule has 0 aliphatic rings. The van der Waals surface area contributed by atoms with Gasteiger partial charge in [0, 0.05) is 10.1 Å². The molecule has 3 heteroatoms. The molecule has 0 N–H and O–H groups in total. The Labute approximate surface area is 173 Å². The minimum Gasteiger partial charge on any atom is -0.175 e. The van der Waals surface area contributed by atoms with E-state index in [9.17, 15) is 0 Å². The molecule has 0 unspecified atom stereocenters. The molecule has 0 spiro atoms. The molecule has 0 aliphatic carbocycles. The molecule has 0 aliphatic heterocycles. The van der Waals surface area contributed by atoms with Gasteiger partial charge in [0.1, 0.15) is 11.7 Å². The third-order valence-corrected chi connectivity index (χ3v) is 8.37. The van der Waals surface area contributed by atoms with E-state index in [4.69, 9.17) is 0 Å². The van der Waals surface area contributed by atoms with Gasteiger partial charge in [-0.3, -0.25) is 0 Å². The van der Waals surface area contributed by atoms with Crippen LogP contribution in [0.3, 0.4) is 0 Å². The number of thiazole rings is 1. The maximum absolute atomic E-state index is 2.44. The molecule has 0 amide bonds. The lowest BCUT2D eigenvalue weighted by Gasteiger charge is -2.23. The Hall–Kier alpha value is -2.23. The van der Waals surface area contributed by atoms with Crippen LogP contribution in [0.1, 0.15) is 31.9 Å². The molecule has 5 aromatic rings. The van der Waals surface area contributed by atoms with Crippen molar-refractivity contribution in [1.82, 2.24) is 0 Å². The van der Waals surface area contributed by atoms with Gasteiger partial charge in [-0.2, -0.15) is 4.57 Å². The van der Waals surface area contributed by atoms with Crippen molar-refractivity contribution in [2.45, 2.75) is 33.1 Å². The van der Waals surface area contributed by atoms with Gasteiger partial charge in [0.25, 0.3) is 9.84 Å². The largest absolute Gasteiger partial charge is 0.281 e. The van der Waals surface area contributed by atoms with Crippen molar-refractivity contribution in [2.24, 2.45) is 7.05 Å². The number of aryl methyl sites for hydroxylation is 2. The molecular formula is C25H24NS2+. The highest BCUT2D eigenvalue weighted by atomic mass is 32.1. The van der Waals surface area contributed by atoms with Crippen molar-refractivity contribution >= 4 is 53.1 Å². The van der Waals surface area contributed by atoms with E-state index in [1.807, 2.05) is 22.7 Å². The first-order valence-electron chi connectivity index (χ1n) is 9.69. The molecule has 0 fully saturated rings. The number of rotatable bonds is 1. The van der Waals surface area contributed by atoms with Crippen LogP contribution in [0.2, 0.25) is 0 Å². The van der Waals surface area contributed by atoms with Gasteiger partial charge in [0.15, 0.2) is 0 Å². The smallest absolute Gasteiger partial charge is 0.175 e. The molecule has 0 saturated heterocycles. The summed E-state index contributed by atoms with van der Waals surface area (Å²) in [5.41, 5.74) is 4.26. The van der Waals surface area contributed by atoms with Crippen LogP contribution in [-0.2, 0) is 12.5 Å². The van der Waals surface area contributed by atoms with Crippen molar-refractivity contribution in [3.05, 3.63) is 65.7 Å². The molecule has 2 heterocycles. The lowest BCUT2D eigenvalue weighted by Crippen LogP contribution is -2.28. The first kappa shape index (κ1) is 17.8. The minimum absolute atomic E-state index is 0.0992. The zero-order valence-electron chi connectivity index (χ0n) is 17.0. The maximum Gasteiger partial charge on any atom is 0.281 e. The average Bonchev–Trinajstić information content (AvgIpc) is 3.18. The number of nitrogens with zero attached hydrogens (tertiary/aromatic N) is 1. The van der Waals surface area contributed by atoms with E-state index in [1.165, 1.54) is 52.1 Å². The summed E-state index contributed by atoms with van der Waals surface area (Å²) in [4.78, 5) is 1.37. The summed E-state index contributed by atoms with van der Waals surface area (Å²) in [6, 6.07) is 20.1. The fraction of sp³-hybridized carbons (Fsp3) is 0.240. The molecule has 0 atom stereocenters. The van der Waals surface area contributed by atoms with Crippen LogP contribution >= 0.6 is 22.7 Å². The quantitative estimate of drug-likeness (QED) is 0.258. The Balaban J connectivity index is 1.87. The molecule has 2 aromatic heterocycles. The van der Waals surface area contributed by atoms with Gasteiger partial charge in [-0.25, -0.2) is 0 Å². The Bertz CT molecular complexity index is 1360. The van der Waals surface area contributed by atoms with Gasteiger partial charge in [-0.05, 0) is 46.4 Å². The van der Waals surface area contributed by atoms with E-state index >= 15 is 0 Å². The molecule has 0 radical (unpaired) electrons. The van der Waals surface area contributed by atoms with Gasteiger partial charge >= 0.3 is 0 Å². The van der Waals surface area contributed by atoms with Gasteiger partial charge in [0.05, 0.1) is 5.56 Å². The van der Waals surface area contributed by atoms with E-state index in [1.54, 1.807) is 0 Å².